The van der Waals surface area contributed by atoms with Crippen LogP contribution in [0.5, 0.6) is 0 Å². The molecule has 0 radical (unpaired) electrons. The summed E-state index contributed by atoms with van der Waals surface area (Å²) in [5.41, 5.74) is 10.6. The third-order valence-electron chi connectivity index (χ3n) is 3.70. The molecule has 0 aromatic heterocycles. The van der Waals surface area contributed by atoms with Crippen LogP contribution in [0.2, 0.25) is 0 Å². The standard InChI is InChI=1S/C16H23N3/c1-12-3-5-14(6-4-12)16(18-2)11-15(17)13-7-9-19-10-8-13/h3-6,11,13,19H,7-10,17H2,1-2H3/b15-11-,18-16?. The molecule has 3 N–H and O–H groups in total. The second kappa shape index (κ2) is 6.53. The largest absolute Gasteiger partial charge is 0.402 e. The van der Waals surface area contributed by atoms with Crippen molar-refractivity contribution in [2.24, 2.45) is 16.6 Å². The van der Waals surface area contributed by atoms with E-state index in [0.29, 0.717) is 5.92 Å². The number of aliphatic imine (C=N–C) groups is 1. The number of benzene rings is 1. The third kappa shape index (κ3) is 3.67. The number of hydrogen-bond donors (Lipinski definition) is 2. The molecule has 2 rings (SSSR count). The van der Waals surface area contributed by atoms with Crippen LogP contribution in [0.1, 0.15) is 24.0 Å². The Balaban J connectivity index is 2.15. The highest BCUT2D eigenvalue weighted by molar-refractivity contribution is 6.09. The molecule has 1 saturated heterocycles. The quantitative estimate of drug-likeness (QED) is 0.816. The first kappa shape index (κ1) is 13.8. The van der Waals surface area contributed by atoms with E-state index in [1.54, 1.807) is 0 Å². The van der Waals surface area contributed by atoms with Crippen LogP contribution in [0.25, 0.3) is 0 Å². The molecule has 0 unspecified atom stereocenters. The van der Waals surface area contributed by atoms with Gasteiger partial charge in [-0.1, -0.05) is 29.8 Å². The maximum Gasteiger partial charge on any atom is 0.0660 e. The van der Waals surface area contributed by atoms with Crippen molar-refractivity contribution in [1.29, 1.82) is 0 Å². The van der Waals surface area contributed by atoms with Gasteiger partial charge in [-0.05, 0) is 44.5 Å². The molecule has 0 atom stereocenters. The molecule has 0 saturated carbocycles. The summed E-state index contributed by atoms with van der Waals surface area (Å²) in [6.45, 7) is 4.20. The lowest BCUT2D eigenvalue weighted by molar-refractivity contribution is 0.417. The van der Waals surface area contributed by atoms with E-state index in [-0.39, 0.29) is 0 Å². The van der Waals surface area contributed by atoms with Gasteiger partial charge in [0.05, 0.1) is 5.71 Å². The van der Waals surface area contributed by atoms with Crippen molar-refractivity contribution in [3.8, 4) is 0 Å². The van der Waals surface area contributed by atoms with Crippen LogP contribution < -0.4 is 11.1 Å². The van der Waals surface area contributed by atoms with Crippen LogP contribution in [0.4, 0.5) is 0 Å². The highest BCUT2D eigenvalue weighted by Gasteiger charge is 2.15. The lowest BCUT2D eigenvalue weighted by Crippen LogP contribution is -2.30. The molecule has 19 heavy (non-hydrogen) atoms. The van der Waals surface area contributed by atoms with E-state index in [1.165, 1.54) is 5.56 Å². The zero-order valence-electron chi connectivity index (χ0n) is 11.8. The van der Waals surface area contributed by atoms with Crippen molar-refractivity contribution in [2.75, 3.05) is 20.1 Å². The average Bonchev–Trinajstić information content (AvgIpc) is 2.46. The fourth-order valence-electron chi connectivity index (χ4n) is 2.43. The minimum Gasteiger partial charge on any atom is -0.402 e. The fourth-order valence-corrected chi connectivity index (χ4v) is 2.43. The minimum atomic E-state index is 0.489. The van der Waals surface area contributed by atoms with Gasteiger partial charge in [0.15, 0.2) is 0 Å². The van der Waals surface area contributed by atoms with E-state index in [9.17, 15) is 0 Å². The van der Waals surface area contributed by atoms with Gasteiger partial charge in [0.2, 0.25) is 0 Å². The fraction of sp³-hybridized carbons (Fsp3) is 0.438. The van der Waals surface area contributed by atoms with Crippen molar-refractivity contribution in [1.82, 2.24) is 5.32 Å². The van der Waals surface area contributed by atoms with Gasteiger partial charge in [-0.15, -0.1) is 0 Å². The predicted molar refractivity (Wildman–Crippen MR) is 81.5 cm³/mol. The SMILES string of the molecule is CN=C(/C=C(\N)C1CCNCC1)c1ccc(C)cc1. The average molecular weight is 257 g/mol. The molecular formula is C16H23N3. The molecule has 1 aliphatic heterocycles. The van der Waals surface area contributed by atoms with Gasteiger partial charge >= 0.3 is 0 Å². The Hall–Kier alpha value is -1.61. The highest BCUT2D eigenvalue weighted by Crippen LogP contribution is 2.18. The van der Waals surface area contributed by atoms with Crippen LogP contribution in [0.3, 0.4) is 0 Å². The molecular weight excluding hydrogens is 234 g/mol. The van der Waals surface area contributed by atoms with E-state index in [2.05, 4.69) is 41.5 Å². The lowest BCUT2D eigenvalue weighted by Gasteiger charge is -2.23. The Bertz CT molecular complexity index is 465. The van der Waals surface area contributed by atoms with Crippen molar-refractivity contribution in [3.05, 3.63) is 47.2 Å². The molecule has 0 bridgehead atoms. The molecule has 1 aromatic carbocycles. The maximum atomic E-state index is 6.24. The Morgan fingerprint density at radius 1 is 1.26 bits per heavy atom. The number of hydrogen-bond acceptors (Lipinski definition) is 3. The first-order valence-corrected chi connectivity index (χ1v) is 6.92. The van der Waals surface area contributed by atoms with Crippen molar-refractivity contribution >= 4 is 5.71 Å². The summed E-state index contributed by atoms with van der Waals surface area (Å²) in [5.74, 6) is 0.489. The molecule has 1 aromatic rings. The van der Waals surface area contributed by atoms with Crippen LogP contribution in [-0.4, -0.2) is 25.8 Å². The number of piperidine rings is 1. The summed E-state index contributed by atoms with van der Waals surface area (Å²) in [6.07, 6.45) is 4.28. The lowest BCUT2D eigenvalue weighted by atomic mass is 9.93. The van der Waals surface area contributed by atoms with E-state index in [0.717, 1.165) is 42.9 Å². The molecule has 3 nitrogen and oxygen atoms in total. The van der Waals surface area contributed by atoms with Crippen LogP contribution in [0, 0.1) is 12.8 Å². The second-order valence-corrected chi connectivity index (χ2v) is 5.14. The van der Waals surface area contributed by atoms with Gasteiger partial charge in [-0.3, -0.25) is 4.99 Å². The van der Waals surface area contributed by atoms with Crippen LogP contribution in [0.15, 0.2) is 41.0 Å². The zero-order valence-corrected chi connectivity index (χ0v) is 11.8. The van der Waals surface area contributed by atoms with Crippen molar-refractivity contribution in [3.63, 3.8) is 0 Å². The number of nitrogens with two attached hydrogens (primary N) is 1. The summed E-state index contributed by atoms with van der Waals surface area (Å²) < 4.78 is 0. The van der Waals surface area contributed by atoms with Gasteiger partial charge in [-0.25, -0.2) is 0 Å². The summed E-state index contributed by atoms with van der Waals surface area (Å²) in [4.78, 5) is 4.37. The summed E-state index contributed by atoms with van der Waals surface area (Å²) in [7, 11) is 1.82. The van der Waals surface area contributed by atoms with Crippen molar-refractivity contribution in [2.45, 2.75) is 19.8 Å². The maximum absolute atomic E-state index is 6.24. The number of nitrogens with one attached hydrogen (secondary N) is 1. The Kier molecular flexibility index (Phi) is 4.74. The smallest absolute Gasteiger partial charge is 0.0660 e. The molecule has 0 aliphatic carbocycles. The van der Waals surface area contributed by atoms with Gasteiger partial charge < -0.3 is 11.1 Å². The Labute approximate surface area is 115 Å². The molecule has 1 fully saturated rings. The number of nitrogens with zero attached hydrogens (tertiary/aromatic N) is 1. The Morgan fingerprint density at radius 3 is 2.47 bits per heavy atom. The van der Waals surface area contributed by atoms with Gasteiger partial charge in [0.1, 0.15) is 0 Å². The predicted octanol–water partition coefficient (Wildman–Crippen LogP) is 2.26. The third-order valence-corrected chi connectivity index (χ3v) is 3.70. The summed E-state index contributed by atoms with van der Waals surface area (Å²) >= 11 is 0. The van der Waals surface area contributed by atoms with E-state index >= 15 is 0 Å². The van der Waals surface area contributed by atoms with Crippen molar-refractivity contribution < 1.29 is 0 Å². The molecule has 1 heterocycles. The van der Waals surface area contributed by atoms with E-state index in [1.807, 2.05) is 13.1 Å². The minimum absolute atomic E-state index is 0.489. The second-order valence-electron chi connectivity index (χ2n) is 5.14. The molecule has 3 heteroatoms. The molecule has 102 valence electrons. The molecule has 1 aliphatic rings. The van der Waals surface area contributed by atoms with Crippen LogP contribution >= 0.6 is 0 Å². The number of allylic oxidation sites excluding steroid dienone is 2. The van der Waals surface area contributed by atoms with Crippen LogP contribution in [-0.2, 0) is 0 Å². The monoisotopic (exact) mass is 257 g/mol. The summed E-state index contributed by atoms with van der Waals surface area (Å²) in [6, 6.07) is 8.41. The number of aryl methyl sites for hydroxylation is 1. The first-order valence-electron chi connectivity index (χ1n) is 6.92. The first-order chi connectivity index (χ1) is 9.20. The molecule has 0 spiro atoms. The number of rotatable bonds is 3. The van der Waals surface area contributed by atoms with Gasteiger partial charge in [0, 0.05) is 18.7 Å². The highest BCUT2D eigenvalue weighted by atomic mass is 14.9. The summed E-state index contributed by atoms with van der Waals surface area (Å²) in [5, 5.41) is 3.36. The van der Waals surface area contributed by atoms with E-state index in [4.69, 9.17) is 5.73 Å². The normalized spacial score (nSPS) is 18.6. The van der Waals surface area contributed by atoms with Gasteiger partial charge in [-0.2, -0.15) is 0 Å². The topological polar surface area (TPSA) is 50.4 Å². The molecule has 0 amide bonds. The van der Waals surface area contributed by atoms with E-state index < -0.39 is 0 Å². The Morgan fingerprint density at radius 2 is 1.89 bits per heavy atom. The zero-order chi connectivity index (χ0) is 13.7. The van der Waals surface area contributed by atoms with Gasteiger partial charge in [0.25, 0.3) is 0 Å².